The molecule has 36 heavy (non-hydrogen) atoms. The van der Waals surface area contributed by atoms with E-state index in [1.54, 1.807) is 48.5 Å². The SMILES string of the molecule is N#Cc1ccccc1NC(N)=Nc1cnc(-c2ccc(NC(=O)Cc3ccc(F)c(F)c3)cc2)cn1. The largest absolute Gasteiger partial charge is 0.369 e. The Labute approximate surface area is 205 Å². The molecule has 1 heterocycles. The monoisotopic (exact) mass is 483 g/mol. The van der Waals surface area contributed by atoms with Crippen molar-refractivity contribution >= 4 is 29.1 Å². The number of hydrogen-bond acceptors (Lipinski definition) is 5. The number of anilines is 2. The van der Waals surface area contributed by atoms with Crippen LogP contribution < -0.4 is 16.4 Å². The molecule has 10 heteroatoms. The van der Waals surface area contributed by atoms with E-state index in [2.05, 4.69) is 31.7 Å². The van der Waals surface area contributed by atoms with Crippen molar-refractivity contribution < 1.29 is 13.6 Å². The highest BCUT2D eigenvalue weighted by molar-refractivity contribution is 5.95. The third-order valence-electron chi connectivity index (χ3n) is 5.00. The number of carbonyl (C=O) groups is 1. The van der Waals surface area contributed by atoms with Crippen molar-refractivity contribution in [2.45, 2.75) is 6.42 Å². The van der Waals surface area contributed by atoms with E-state index in [0.29, 0.717) is 28.2 Å². The smallest absolute Gasteiger partial charge is 0.228 e. The first-order chi connectivity index (χ1) is 17.4. The zero-order chi connectivity index (χ0) is 25.5. The quantitative estimate of drug-likeness (QED) is 0.273. The van der Waals surface area contributed by atoms with Gasteiger partial charge in [0, 0.05) is 11.3 Å². The van der Waals surface area contributed by atoms with Gasteiger partial charge < -0.3 is 16.4 Å². The topological polar surface area (TPSA) is 129 Å². The summed E-state index contributed by atoms with van der Waals surface area (Å²) in [6.07, 6.45) is 2.90. The predicted molar refractivity (Wildman–Crippen MR) is 132 cm³/mol. The number of para-hydroxylation sites is 1. The van der Waals surface area contributed by atoms with Crippen LogP contribution in [0.4, 0.5) is 26.0 Å². The minimum Gasteiger partial charge on any atom is -0.369 e. The molecular weight excluding hydrogens is 464 g/mol. The Morgan fingerprint density at radius 1 is 0.972 bits per heavy atom. The molecule has 3 aromatic carbocycles. The van der Waals surface area contributed by atoms with Gasteiger partial charge in [-0.1, -0.05) is 30.3 Å². The Hall–Kier alpha value is -5.17. The zero-order valence-electron chi connectivity index (χ0n) is 18.7. The minimum absolute atomic E-state index is 0.0585. The van der Waals surface area contributed by atoms with Crippen LogP contribution in [0.5, 0.6) is 0 Å². The van der Waals surface area contributed by atoms with Crippen molar-refractivity contribution in [1.82, 2.24) is 9.97 Å². The molecule has 4 N–H and O–H groups in total. The second-order valence-electron chi connectivity index (χ2n) is 7.59. The minimum atomic E-state index is -0.995. The van der Waals surface area contributed by atoms with Crippen LogP contribution in [0.2, 0.25) is 0 Å². The number of nitriles is 1. The van der Waals surface area contributed by atoms with E-state index in [0.717, 1.165) is 17.7 Å². The predicted octanol–water partition coefficient (Wildman–Crippen LogP) is 4.53. The number of halogens is 2. The third kappa shape index (κ3) is 6.03. The summed E-state index contributed by atoms with van der Waals surface area (Å²) < 4.78 is 26.4. The van der Waals surface area contributed by atoms with Crippen LogP contribution in [-0.4, -0.2) is 21.8 Å². The molecular formula is C26H19F2N7O. The van der Waals surface area contributed by atoms with E-state index in [1.165, 1.54) is 18.5 Å². The molecule has 8 nitrogen and oxygen atoms in total. The van der Waals surface area contributed by atoms with Crippen molar-refractivity contribution in [2.24, 2.45) is 10.7 Å². The van der Waals surface area contributed by atoms with Crippen molar-refractivity contribution in [3.63, 3.8) is 0 Å². The van der Waals surface area contributed by atoms with Crippen LogP contribution in [-0.2, 0) is 11.2 Å². The standard InChI is InChI=1S/C26H19F2N7O/c27-20-10-5-16(11-21(20)28)12-25(36)33-19-8-6-17(7-9-19)23-14-32-24(15-31-23)35-26(30)34-22-4-2-1-3-18(22)13-29/h1-11,14-15H,12H2,(H,33,36)(H3,30,32,34,35). The molecule has 4 aromatic rings. The second kappa shape index (κ2) is 10.8. The lowest BCUT2D eigenvalue weighted by Crippen LogP contribution is -2.22. The number of rotatable bonds is 6. The Kier molecular flexibility index (Phi) is 7.22. The van der Waals surface area contributed by atoms with Gasteiger partial charge in [-0.15, -0.1) is 0 Å². The molecule has 0 aliphatic heterocycles. The van der Waals surface area contributed by atoms with E-state index in [-0.39, 0.29) is 24.1 Å². The van der Waals surface area contributed by atoms with Gasteiger partial charge in [0.05, 0.1) is 35.8 Å². The number of aromatic nitrogens is 2. The Morgan fingerprint density at radius 3 is 2.44 bits per heavy atom. The summed E-state index contributed by atoms with van der Waals surface area (Å²) in [7, 11) is 0. The Balaban J connectivity index is 1.37. The van der Waals surface area contributed by atoms with E-state index in [1.807, 2.05) is 0 Å². The third-order valence-corrected chi connectivity index (χ3v) is 5.00. The summed E-state index contributed by atoms with van der Waals surface area (Å²) in [4.78, 5) is 25.0. The molecule has 0 bridgehead atoms. The molecule has 0 atom stereocenters. The summed E-state index contributed by atoms with van der Waals surface area (Å²) >= 11 is 0. The fraction of sp³-hybridized carbons (Fsp3) is 0.0385. The summed E-state index contributed by atoms with van der Waals surface area (Å²) in [6.45, 7) is 0. The Morgan fingerprint density at radius 2 is 1.75 bits per heavy atom. The van der Waals surface area contributed by atoms with Crippen LogP contribution in [0.15, 0.2) is 84.1 Å². The van der Waals surface area contributed by atoms with E-state index < -0.39 is 11.6 Å². The number of benzene rings is 3. The molecule has 178 valence electrons. The number of nitrogens with one attached hydrogen (secondary N) is 2. The van der Waals surface area contributed by atoms with Crippen molar-refractivity contribution in [2.75, 3.05) is 10.6 Å². The van der Waals surface area contributed by atoms with Crippen molar-refractivity contribution in [3.05, 3.63) is 102 Å². The van der Waals surface area contributed by atoms with Gasteiger partial charge >= 0.3 is 0 Å². The highest BCUT2D eigenvalue weighted by Crippen LogP contribution is 2.21. The highest BCUT2D eigenvalue weighted by atomic mass is 19.2. The van der Waals surface area contributed by atoms with Gasteiger partial charge in [0.1, 0.15) is 6.07 Å². The molecule has 4 rings (SSSR count). The van der Waals surface area contributed by atoms with Gasteiger partial charge in [-0.2, -0.15) is 10.3 Å². The van der Waals surface area contributed by atoms with Gasteiger partial charge in [-0.05, 0) is 42.0 Å². The second-order valence-corrected chi connectivity index (χ2v) is 7.59. The Bertz CT molecular complexity index is 1460. The lowest BCUT2D eigenvalue weighted by atomic mass is 10.1. The summed E-state index contributed by atoms with van der Waals surface area (Å²) in [6, 6.07) is 19.2. The first kappa shape index (κ1) is 24.0. The maximum Gasteiger partial charge on any atom is 0.228 e. The maximum absolute atomic E-state index is 13.3. The molecule has 0 spiro atoms. The lowest BCUT2D eigenvalue weighted by Gasteiger charge is -2.08. The average Bonchev–Trinajstić information content (AvgIpc) is 2.87. The fourth-order valence-corrected chi connectivity index (χ4v) is 3.27. The molecule has 0 radical (unpaired) electrons. The van der Waals surface area contributed by atoms with Crippen molar-refractivity contribution in [3.8, 4) is 17.3 Å². The molecule has 0 aliphatic rings. The van der Waals surface area contributed by atoms with E-state index in [9.17, 15) is 13.6 Å². The zero-order valence-corrected chi connectivity index (χ0v) is 18.7. The van der Waals surface area contributed by atoms with Crippen LogP contribution in [0.1, 0.15) is 11.1 Å². The van der Waals surface area contributed by atoms with E-state index >= 15 is 0 Å². The molecule has 0 unspecified atom stereocenters. The molecule has 0 fully saturated rings. The van der Waals surface area contributed by atoms with Gasteiger partial charge in [0.15, 0.2) is 23.4 Å². The summed E-state index contributed by atoms with van der Waals surface area (Å²) in [5.41, 5.74) is 9.12. The molecule has 0 saturated heterocycles. The number of hydrogen-bond donors (Lipinski definition) is 3. The van der Waals surface area contributed by atoms with Gasteiger partial charge in [-0.25, -0.2) is 13.8 Å². The summed E-state index contributed by atoms with van der Waals surface area (Å²) in [5, 5.41) is 14.7. The first-order valence-electron chi connectivity index (χ1n) is 10.7. The molecule has 1 aromatic heterocycles. The normalized spacial score (nSPS) is 11.0. The van der Waals surface area contributed by atoms with Gasteiger partial charge in [0.2, 0.25) is 5.91 Å². The lowest BCUT2D eigenvalue weighted by molar-refractivity contribution is -0.115. The molecule has 1 amide bonds. The highest BCUT2D eigenvalue weighted by Gasteiger charge is 2.09. The van der Waals surface area contributed by atoms with Gasteiger partial charge in [0.25, 0.3) is 0 Å². The number of guanidine groups is 1. The number of nitrogens with two attached hydrogens (primary N) is 1. The van der Waals surface area contributed by atoms with Crippen LogP contribution >= 0.6 is 0 Å². The maximum atomic E-state index is 13.3. The number of nitrogens with zero attached hydrogens (tertiary/aromatic N) is 4. The molecule has 0 saturated carbocycles. The first-order valence-corrected chi connectivity index (χ1v) is 10.7. The van der Waals surface area contributed by atoms with Crippen molar-refractivity contribution in [1.29, 1.82) is 5.26 Å². The molecule has 0 aliphatic carbocycles. The van der Waals surface area contributed by atoms with Gasteiger partial charge in [-0.3, -0.25) is 9.78 Å². The fourth-order valence-electron chi connectivity index (χ4n) is 3.27. The number of carbonyl (C=O) groups excluding carboxylic acids is 1. The number of amides is 1. The van der Waals surface area contributed by atoms with Crippen LogP contribution in [0.3, 0.4) is 0 Å². The van der Waals surface area contributed by atoms with Crippen LogP contribution in [0, 0.1) is 23.0 Å². The summed E-state index contributed by atoms with van der Waals surface area (Å²) in [5.74, 6) is -1.98. The average molecular weight is 483 g/mol. The van der Waals surface area contributed by atoms with E-state index in [4.69, 9.17) is 11.0 Å². The number of aliphatic imine (C=N–C) groups is 1. The van der Waals surface area contributed by atoms with Crippen LogP contribution in [0.25, 0.3) is 11.3 Å².